The fourth-order valence-electron chi connectivity index (χ4n) is 4.20. The van der Waals surface area contributed by atoms with Crippen LogP contribution >= 0.6 is 0 Å². The molecule has 4 N–H and O–H groups in total. The molecule has 2 atom stereocenters. The van der Waals surface area contributed by atoms with E-state index in [0.717, 1.165) is 33.7 Å². The fraction of sp³-hybridized carbons (Fsp3) is 0.391. The van der Waals surface area contributed by atoms with Gasteiger partial charge in [-0.25, -0.2) is 5.01 Å². The van der Waals surface area contributed by atoms with Crippen molar-refractivity contribution in [2.24, 2.45) is 5.92 Å². The molecule has 8 heteroatoms. The van der Waals surface area contributed by atoms with Gasteiger partial charge in [-0.15, -0.1) is 10.2 Å². The maximum absolute atomic E-state index is 5.50. The smallest absolute Gasteiger partial charge is 0.163 e. The highest BCUT2D eigenvalue weighted by Crippen LogP contribution is 2.32. The van der Waals surface area contributed by atoms with E-state index < -0.39 is 0 Å². The molecule has 3 aromatic rings. The van der Waals surface area contributed by atoms with Crippen LogP contribution in [0.4, 0.5) is 11.5 Å². The third kappa shape index (κ3) is 4.91. The van der Waals surface area contributed by atoms with Crippen LogP contribution < -0.4 is 10.7 Å². The van der Waals surface area contributed by atoms with Crippen molar-refractivity contribution >= 4 is 29.1 Å². The lowest BCUT2D eigenvalue weighted by Crippen LogP contribution is -2.40. The number of hydrogen-bond acceptors (Lipinski definition) is 7. The Balaban J connectivity index is 0.00000132. The van der Waals surface area contributed by atoms with Crippen molar-refractivity contribution in [1.82, 2.24) is 25.4 Å². The third-order valence-electron chi connectivity index (χ3n) is 5.59. The molecule has 0 saturated carbocycles. The monoisotopic (exact) mass is 420 g/mol. The molecule has 8 nitrogen and oxygen atoms in total. The molecule has 164 valence electrons. The van der Waals surface area contributed by atoms with Crippen LogP contribution in [0.15, 0.2) is 43.2 Å². The normalized spacial score (nSPS) is 18.6. The van der Waals surface area contributed by atoms with Crippen LogP contribution in [0.1, 0.15) is 40.0 Å². The number of H-pyrrole nitrogens is 1. The Bertz CT molecular complexity index is 994. The zero-order chi connectivity index (χ0) is 22.4. The molecular formula is C23H32N8. The van der Waals surface area contributed by atoms with Gasteiger partial charge in [-0.2, -0.15) is 5.10 Å². The van der Waals surface area contributed by atoms with Crippen LogP contribution in [0.3, 0.4) is 0 Å². The summed E-state index contributed by atoms with van der Waals surface area (Å²) >= 11 is 0. The van der Waals surface area contributed by atoms with E-state index in [2.05, 4.69) is 70.2 Å². The SMILES string of the molecule is C=CNc1ccc(-c2ccc(NN3C(C)CCC3CC(C)C)nn2)c2[nH]ncc12.C=N. The number of hydrazine groups is 1. The van der Waals surface area contributed by atoms with Crippen molar-refractivity contribution in [3.05, 3.63) is 43.2 Å². The molecule has 0 amide bonds. The number of benzene rings is 1. The molecule has 0 spiro atoms. The van der Waals surface area contributed by atoms with Crippen LogP contribution in [-0.4, -0.2) is 44.2 Å². The summed E-state index contributed by atoms with van der Waals surface area (Å²) in [6.07, 6.45) is 7.08. The molecule has 0 radical (unpaired) electrons. The number of aromatic amines is 1. The maximum Gasteiger partial charge on any atom is 0.163 e. The first-order chi connectivity index (χ1) is 15.1. The van der Waals surface area contributed by atoms with Gasteiger partial charge in [-0.3, -0.25) is 5.10 Å². The van der Waals surface area contributed by atoms with Crippen LogP contribution in [0, 0.1) is 11.3 Å². The molecule has 0 aliphatic carbocycles. The molecule has 1 saturated heterocycles. The highest BCUT2D eigenvalue weighted by molar-refractivity contribution is 6.00. The zero-order valence-corrected chi connectivity index (χ0v) is 18.5. The Morgan fingerprint density at radius 2 is 2.03 bits per heavy atom. The average Bonchev–Trinajstić information content (AvgIpc) is 3.39. The van der Waals surface area contributed by atoms with Crippen LogP contribution in [0.2, 0.25) is 0 Å². The van der Waals surface area contributed by atoms with Crippen molar-refractivity contribution in [1.29, 1.82) is 5.41 Å². The second-order valence-electron chi connectivity index (χ2n) is 8.20. The van der Waals surface area contributed by atoms with E-state index in [0.29, 0.717) is 18.0 Å². The summed E-state index contributed by atoms with van der Waals surface area (Å²) in [5.41, 5.74) is 7.16. The van der Waals surface area contributed by atoms with Gasteiger partial charge >= 0.3 is 0 Å². The lowest BCUT2D eigenvalue weighted by Gasteiger charge is -2.30. The average molecular weight is 421 g/mol. The molecule has 1 aromatic carbocycles. The number of hydrogen-bond donors (Lipinski definition) is 4. The Morgan fingerprint density at radius 3 is 2.71 bits per heavy atom. The van der Waals surface area contributed by atoms with Gasteiger partial charge in [0.15, 0.2) is 5.82 Å². The number of nitrogens with zero attached hydrogens (tertiary/aromatic N) is 4. The predicted molar refractivity (Wildman–Crippen MR) is 128 cm³/mol. The molecule has 1 fully saturated rings. The zero-order valence-electron chi connectivity index (χ0n) is 18.5. The largest absolute Gasteiger partial charge is 0.362 e. The van der Waals surface area contributed by atoms with E-state index in [1.807, 2.05) is 24.3 Å². The summed E-state index contributed by atoms with van der Waals surface area (Å²) in [6.45, 7) is 13.1. The summed E-state index contributed by atoms with van der Waals surface area (Å²) in [4.78, 5) is 0. The minimum Gasteiger partial charge on any atom is -0.362 e. The van der Waals surface area contributed by atoms with Gasteiger partial charge in [-0.1, -0.05) is 20.4 Å². The van der Waals surface area contributed by atoms with Gasteiger partial charge in [0.25, 0.3) is 0 Å². The number of anilines is 2. The molecule has 0 bridgehead atoms. The van der Waals surface area contributed by atoms with Crippen molar-refractivity contribution in [3.63, 3.8) is 0 Å². The number of nitrogens with one attached hydrogen (secondary N) is 4. The van der Waals surface area contributed by atoms with Crippen molar-refractivity contribution in [3.8, 4) is 11.3 Å². The molecule has 1 aliphatic rings. The summed E-state index contributed by atoms with van der Waals surface area (Å²) in [6, 6.07) is 9.06. The summed E-state index contributed by atoms with van der Waals surface area (Å²) in [5.74, 6) is 1.46. The minimum absolute atomic E-state index is 0.495. The summed E-state index contributed by atoms with van der Waals surface area (Å²) in [7, 11) is 0. The van der Waals surface area contributed by atoms with Gasteiger partial charge in [0.05, 0.1) is 17.4 Å². The summed E-state index contributed by atoms with van der Waals surface area (Å²) in [5, 5.41) is 28.2. The van der Waals surface area contributed by atoms with Gasteiger partial charge in [-0.05, 0) is 69.3 Å². The molecule has 3 heterocycles. The van der Waals surface area contributed by atoms with Crippen LogP contribution in [0.5, 0.6) is 0 Å². The van der Waals surface area contributed by atoms with E-state index in [1.54, 1.807) is 12.4 Å². The third-order valence-corrected chi connectivity index (χ3v) is 5.59. The molecule has 31 heavy (non-hydrogen) atoms. The van der Waals surface area contributed by atoms with E-state index in [-0.39, 0.29) is 0 Å². The first-order valence-corrected chi connectivity index (χ1v) is 10.6. The Kier molecular flexibility index (Phi) is 7.36. The number of fused-ring (bicyclic) bond motifs is 1. The Labute approximate surface area is 183 Å². The van der Waals surface area contributed by atoms with E-state index in [4.69, 9.17) is 5.41 Å². The first kappa shape index (κ1) is 22.4. The van der Waals surface area contributed by atoms with Crippen LogP contribution in [0.25, 0.3) is 22.2 Å². The van der Waals surface area contributed by atoms with Gasteiger partial charge in [0, 0.05) is 28.7 Å². The lowest BCUT2D eigenvalue weighted by molar-refractivity contribution is 0.222. The molecule has 4 rings (SSSR count). The quantitative estimate of drug-likeness (QED) is 0.398. The topological polar surface area (TPSA) is 106 Å². The van der Waals surface area contributed by atoms with E-state index in [1.165, 1.54) is 19.3 Å². The molecule has 2 unspecified atom stereocenters. The Hall–Kier alpha value is -3.26. The number of rotatable bonds is 7. The second kappa shape index (κ2) is 10.2. The molecule has 1 aliphatic heterocycles. The van der Waals surface area contributed by atoms with Crippen molar-refractivity contribution in [2.45, 2.75) is 52.1 Å². The highest BCUT2D eigenvalue weighted by atomic mass is 15.6. The fourth-order valence-corrected chi connectivity index (χ4v) is 4.20. The second-order valence-corrected chi connectivity index (χ2v) is 8.20. The highest BCUT2D eigenvalue weighted by Gasteiger charge is 2.31. The predicted octanol–water partition coefficient (Wildman–Crippen LogP) is 5.07. The summed E-state index contributed by atoms with van der Waals surface area (Å²) < 4.78 is 0. The minimum atomic E-state index is 0.495. The standard InChI is InChI=1S/C22H29N7.CH3N/c1-5-23-19-9-8-17(22-18(19)13-24-27-22)20-10-11-21(26-25-20)28-29-15(4)6-7-16(29)12-14(2)3;1-2/h5,8-11,13-16,23H,1,6-7,12H2,2-4H3,(H,24,27)(H,26,28);2H,1H2. The Morgan fingerprint density at radius 1 is 1.23 bits per heavy atom. The maximum atomic E-state index is 5.50. The van der Waals surface area contributed by atoms with Crippen LogP contribution in [-0.2, 0) is 0 Å². The van der Waals surface area contributed by atoms with E-state index in [9.17, 15) is 0 Å². The molecule has 2 aromatic heterocycles. The molecular weight excluding hydrogens is 388 g/mol. The van der Waals surface area contributed by atoms with Gasteiger partial charge in [0.2, 0.25) is 0 Å². The lowest BCUT2D eigenvalue weighted by atomic mass is 10.0. The first-order valence-electron chi connectivity index (χ1n) is 10.6. The van der Waals surface area contributed by atoms with Gasteiger partial charge < -0.3 is 16.2 Å². The van der Waals surface area contributed by atoms with E-state index >= 15 is 0 Å². The number of aromatic nitrogens is 4. The van der Waals surface area contributed by atoms with Gasteiger partial charge in [0.1, 0.15) is 0 Å². The van der Waals surface area contributed by atoms with Crippen molar-refractivity contribution in [2.75, 3.05) is 10.7 Å². The van der Waals surface area contributed by atoms with Crippen molar-refractivity contribution < 1.29 is 0 Å².